The molecule has 0 radical (unpaired) electrons. The van der Waals surface area contributed by atoms with Crippen molar-refractivity contribution in [2.24, 2.45) is 11.8 Å². The molecule has 2 N–H and O–H groups in total. The van der Waals surface area contributed by atoms with Crippen LogP contribution in [0.1, 0.15) is 24.2 Å². The van der Waals surface area contributed by atoms with Gasteiger partial charge in [0.1, 0.15) is 0 Å². The molecule has 4 atom stereocenters. The number of nitrogens with zero attached hydrogens (tertiary/aromatic N) is 3. The molecule has 1 aromatic carbocycles. The van der Waals surface area contributed by atoms with Crippen molar-refractivity contribution in [3.8, 4) is 11.1 Å². The molecule has 170 valence electrons. The quantitative estimate of drug-likeness (QED) is 0.609. The lowest BCUT2D eigenvalue weighted by Crippen LogP contribution is -2.48. The Hall–Kier alpha value is -3.29. The molecule has 0 bridgehead atoms. The minimum atomic E-state index is -0.470. The topological polar surface area (TPSA) is 87.5 Å². The highest BCUT2D eigenvalue weighted by molar-refractivity contribution is 5.82. The van der Waals surface area contributed by atoms with Gasteiger partial charge in [-0.05, 0) is 36.2 Å². The first kappa shape index (κ1) is 21.6. The van der Waals surface area contributed by atoms with Crippen molar-refractivity contribution in [3.05, 3.63) is 88.6 Å². The summed E-state index contributed by atoms with van der Waals surface area (Å²) >= 11 is 0. The summed E-state index contributed by atoms with van der Waals surface area (Å²) in [7, 11) is 0. The van der Waals surface area contributed by atoms with E-state index < -0.39 is 6.04 Å². The molecule has 5 rings (SSSR count). The van der Waals surface area contributed by atoms with E-state index >= 15 is 0 Å². The molecule has 1 saturated heterocycles. The maximum Gasteiger partial charge on any atom is 0.258 e. The number of hydrogen-bond donors (Lipinski definition) is 2. The summed E-state index contributed by atoms with van der Waals surface area (Å²) in [6.45, 7) is 3.32. The van der Waals surface area contributed by atoms with E-state index in [1.165, 1.54) is 0 Å². The molecule has 4 heterocycles. The van der Waals surface area contributed by atoms with Crippen molar-refractivity contribution in [3.63, 3.8) is 0 Å². The fourth-order valence-corrected chi connectivity index (χ4v) is 5.60. The number of carbonyl (C=O) groups is 1. The number of amides is 1. The number of benzene rings is 1. The first-order chi connectivity index (χ1) is 16.1. The zero-order valence-corrected chi connectivity index (χ0v) is 18.6. The van der Waals surface area contributed by atoms with Gasteiger partial charge in [0.2, 0.25) is 5.91 Å². The van der Waals surface area contributed by atoms with Crippen LogP contribution in [0.2, 0.25) is 0 Å². The van der Waals surface area contributed by atoms with Crippen LogP contribution < -0.4 is 10.9 Å². The van der Waals surface area contributed by atoms with Crippen LogP contribution in [0.15, 0.2) is 71.8 Å². The smallest absolute Gasteiger partial charge is 0.258 e. The van der Waals surface area contributed by atoms with Crippen LogP contribution in [0.25, 0.3) is 11.1 Å². The fourth-order valence-electron chi connectivity index (χ4n) is 5.60. The Morgan fingerprint density at radius 2 is 1.97 bits per heavy atom. The maximum atomic E-state index is 13.5. The number of fused-ring (bicyclic) bond motifs is 3. The van der Waals surface area contributed by atoms with Crippen LogP contribution >= 0.6 is 0 Å². The molecule has 2 aromatic heterocycles. The third-order valence-electron chi connectivity index (χ3n) is 6.98. The predicted octanol–water partition coefficient (Wildman–Crippen LogP) is 2.21. The second-order valence-electron chi connectivity index (χ2n) is 8.78. The third kappa shape index (κ3) is 3.67. The van der Waals surface area contributed by atoms with Gasteiger partial charge in [-0.15, -0.1) is 0 Å². The van der Waals surface area contributed by atoms with Gasteiger partial charge in [0.15, 0.2) is 0 Å². The highest BCUT2D eigenvalue weighted by Crippen LogP contribution is 2.49. The van der Waals surface area contributed by atoms with Crippen LogP contribution in [0.5, 0.6) is 0 Å². The van der Waals surface area contributed by atoms with Gasteiger partial charge in [0.25, 0.3) is 5.56 Å². The lowest BCUT2D eigenvalue weighted by Gasteiger charge is -2.30. The number of carbonyl (C=O) groups excluding carboxylic acids is 1. The number of aliphatic hydroxyl groups excluding tert-OH is 1. The van der Waals surface area contributed by atoms with Crippen molar-refractivity contribution < 1.29 is 9.90 Å². The summed E-state index contributed by atoms with van der Waals surface area (Å²) < 4.78 is 1.84. The van der Waals surface area contributed by atoms with E-state index in [1.54, 1.807) is 12.4 Å². The maximum absolute atomic E-state index is 13.5. The Kier molecular flexibility index (Phi) is 5.83. The van der Waals surface area contributed by atoms with E-state index in [4.69, 9.17) is 0 Å². The molecule has 7 nitrogen and oxygen atoms in total. The average Bonchev–Trinajstić information content (AvgIpc) is 3.36. The highest BCUT2D eigenvalue weighted by atomic mass is 16.3. The van der Waals surface area contributed by atoms with Crippen molar-refractivity contribution in [2.75, 3.05) is 13.2 Å². The third-order valence-corrected chi connectivity index (χ3v) is 6.98. The lowest BCUT2D eigenvalue weighted by molar-refractivity contribution is -0.127. The number of likely N-dealkylation sites (N-methyl/N-ethyl adjacent to an activating group) is 1. The molecule has 0 spiro atoms. The lowest BCUT2D eigenvalue weighted by atomic mass is 9.88. The number of hydrogen-bond acceptors (Lipinski definition) is 5. The first-order valence-corrected chi connectivity index (χ1v) is 11.5. The Morgan fingerprint density at radius 3 is 2.67 bits per heavy atom. The second-order valence-corrected chi connectivity index (χ2v) is 8.78. The second kappa shape index (κ2) is 8.92. The molecule has 1 fully saturated rings. The number of rotatable bonds is 6. The van der Waals surface area contributed by atoms with Gasteiger partial charge in [-0.2, -0.15) is 0 Å². The fraction of sp³-hybridized carbons (Fsp3) is 0.346. The molecule has 33 heavy (non-hydrogen) atoms. The Morgan fingerprint density at radius 1 is 1.15 bits per heavy atom. The van der Waals surface area contributed by atoms with E-state index in [9.17, 15) is 14.7 Å². The minimum Gasteiger partial charge on any atom is -0.396 e. The first-order valence-electron chi connectivity index (χ1n) is 11.5. The summed E-state index contributed by atoms with van der Waals surface area (Å²) in [5.41, 5.74) is 3.42. The largest absolute Gasteiger partial charge is 0.396 e. The van der Waals surface area contributed by atoms with Crippen molar-refractivity contribution >= 4 is 5.91 Å². The number of aliphatic hydroxyl groups is 1. The SMILES string of the molecule is CCNC(=O)[C@H]1[C@H](CO)[C@H]2Cn3c(ccc(-c4ccccc4)c3=O)[C@H]2N1Cc1cccnc1. The molecule has 3 aromatic rings. The summed E-state index contributed by atoms with van der Waals surface area (Å²) in [6.07, 6.45) is 3.53. The van der Waals surface area contributed by atoms with Crippen LogP contribution in [0, 0.1) is 11.8 Å². The van der Waals surface area contributed by atoms with Crippen LogP contribution in [-0.4, -0.2) is 44.7 Å². The van der Waals surface area contributed by atoms with Gasteiger partial charge >= 0.3 is 0 Å². The van der Waals surface area contributed by atoms with Crippen LogP contribution in [-0.2, 0) is 17.9 Å². The Labute approximate surface area is 192 Å². The zero-order chi connectivity index (χ0) is 22.9. The Bertz CT molecular complexity index is 1200. The molecule has 2 aliphatic heterocycles. The number of nitrogens with one attached hydrogen (secondary N) is 1. The molecule has 0 saturated carbocycles. The molecule has 2 aliphatic rings. The summed E-state index contributed by atoms with van der Waals surface area (Å²) in [5.74, 6) is -0.375. The van der Waals surface area contributed by atoms with Gasteiger partial charge in [0, 0.05) is 61.7 Å². The summed E-state index contributed by atoms with van der Waals surface area (Å²) in [4.78, 5) is 33.0. The number of likely N-dealkylation sites (tertiary alicyclic amines) is 1. The Balaban J connectivity index is 1.59. The summed E-state index contributed by atoms with van der Waals surface area (Å²) in [6, 6.07) is 16.8. The highest BCUT2D eigenvalue weighted by Gasteiger charge is 2.55. The van der Waals surface area contributed by atoms with Crippen molar-refractivity contribution in [1.29, 1.82) is 0 Å². The van der Waals surface area contributed by atoms with Crippen molar-refractivity contribution in [1.82, 2.24) is 19.8 Å². The van der Waals surface area contributed by atoms with E-state index in [0.29, 0.717) is 25.2 Å². The summed E-state index contributed by atoms with van der Waals surface area (Å²) in [5, 5.41) is 13.3. The van der Waals surface area contributed by atoms with E-state index in [2.05, 4.69) is 15.2 Å². The molecular weight excluding hydrogens is 416 g/mol. The van der Waals surface area contributed by atoms with E-state index in [0.717, 1.165) is 16.8 Å². The molecule has 0 unspecified atom stereocenters. The van der Waals surface area contributed by atoms with Gasteiger partial charge < -0.3 is 15.0 Å². The minimum absolute atomic E-state index is 0.0272. The monoisotopic (exact) mass is 444 g/mol. The standard InChI is InChI=1S/C26H28N4O3/c1-2-28-25(32)24-21(16-31)20-15-29-22(23(20)30(24)14-17-7-6-12-27-13-17)11-10-19(26(29)33)18-8-4-3-5-9-18/h3-13,20-21,23-24,31H,2,14-16H2,1H3,(H,28,32)/t20-,21-,23+,24-/m1/s1. The van der Waals surface area contributed by atoms with E-state index in [1.807, 2.05) is 66.1 Å². The van der Waals surface area contributed by atoms with Crippen LogP contribution in [0.3, 0.4) is 0 Å². The normalized spacial score (nSPS) is 23.8. The van der Waals surface area contributed by atoms with Gasteiger partial charge in [-0.3, -0.25) is 19.5 Å². The van der Waals surface area contributed by atoms with Crippen molar-refractivity contribution in [2.45, 2.75) is 32.1 Å². The number of aromatic nitrogens is 2. The van der Waals surface area contributed by atoms with Crippen LogP contribution in [0.4, 0.5) is 0 Å². The molecule has 1 amide bonds. The zero-order valence-electron chi connectivity index (χ0n) is 18.6. The molecular formula is C26H28N4O3. The van der Waals surface area contributed by atoms with Gasteiger partial charge in [-0.1, -0.05) is 36.4 Å². The number of pyridine rings is 2. The van der Waals surface area contributed by atoms with E-state index in [-0.39, 0.29) is 36.0 Å². The predicted molar refractivity (Wildman–Crippen MR) is 125 cm³/mol. The van der Waals surface area contributed by atoms with Gasteiger partial charge in [0.05, 0.1) is 12.1 Å². The average molecular weight is 445 g/mol. The van der Waals surface area contributed by atoms with Gasteiger partial charge in [-0.25, -0.2) is 0 Å². The molecule has 7 heteroatoms. The molecule has 0 aliphatic carbocycles.